The summed E-state index contributed by atoms with van der Waals surface area (Å²) < 4.78 is 29.3. The van der Waals surface area contributed by atoms with E-state index in [0.29, 0.717) is 26.7 Å². The van der Waals surface area contributed by atoms with Gasteiger partial charge in [0.15, 0.2) is 5.16 Å². The van der Waals surface area contributed by atoms with Gasteiger partial charge in [-0.05, 0) is 35.2 Å². The van der Waals surface area contributed by atoms with Crippen molar-refractivity contribution >= 4 is 33.3 Å². The highest BCUT2D eigenvalue weighted by Gasteiger charge is 2.14. The van der Waals surface area contributed by atoms with E-state index in [1.54, 1.807) is 36.4 Å². The molecule has 0 radical (unpaired) electrons. The maximum Gasteiger partial charge on any atom is 0.272 e. The number of hydrogen-bond acceptors (Lipinski definition) is 4. The van der Waals surface area contributed by atoms with Crippen molar-refractivity contribution in [3.8, 4) is 0 Å². The lowest BCUT2D eigenvalue weighted by Gasteiger charge is -2.12. The van der Waals surface area contributed by atoms with Gasteiger partial charge in [0.1, 0.15) is 16.3 Å². The molecule has 0 saturated heterocycles. The lowest BCUT2D eigenvalue weighted by atomic mass is 10.2. The number of thiophene rings is 1. The van der Waals surface area contributed by atoms with E-state index in [1.165, 1.54) is 45.9 Å². The number of aromatic nitrogens is 2. The monoisotopic (exact) mass is 400 g/mol. The molecule has 2 aromatic heterocycles. The molecule has 7 heteroatoms. The van der Waals surface area contributed by atoms with Crippen LogP contribution in [0.5, 0.6) is 0 Å². The highest BCUT2D eigenvalue weighted by atomic mass is 32.2. The van der Waals surface area contributed by atoms with Crippen molar-refractivity contribution < 1.29 is 8.78 Å². The Morgan fingerprint density at radius 3 is 2.59 bits per heavy atom. The van der Waals surface area contributed by atoms with Crippen LogP contribution >= 0.6 is 23.1 Å². The average Bonchev–Trinajstić information content (AvgIpc) is 3.14. The van der Waals surface area contributed by atoms with Gasteiger partial charge in [-0.2, -0.15) is 0 Å². The third-order valence-corrected chi connectivity index (χ3v) is 6.04. The summed E-state index contributed by atoms with van der Waals surface area (Å²) in [6.45, 7) is 0.109. The zero-order valence-electron chi connectivity index (χ0n) is 14.1. The first-order valence-corrected chi connectivity index (χ1v) is 10.1. The molecule has 0 aliphatic heterocycles. The van der Waals surface area contributed by atoms with Gasteiger partial charge in [-0.25, -0.2) is 13.8 Å². The van der Waals surface area contributed by atoms with Crippen LogP contribution in [0.3, 0.4) is 0 Å². The topological polar surface area (TPSA) is 34.9 Å². The second kappa shape index (κ2) is 7.62. The summed E-state index contributed by atoms with van der Waals surface area (Å²) in [5, 5.41) is 2.33. The number of benzene rings is 2. The Kier molecular flexibility index (Phi) is 5.05. The first-order valence-electron chi connectivity index (χ1n) is 8.20. The molecule has 0 spiro atoms. The molecule has 4 aromatic rings. The van der Waals surface area contributed by atoms with Crippen LogP contribution in [0.1, 0.15) is 11.1 Å². The molecule has 0 aliphatic carbocycles. The summed E-state index contributed by atoms with van der Waals surface area (Å²) in [5.74, 6) is -0.122. The standard InChI is InChI=1S/C20H14F2N2OS2/c21-15-7-5-13(6-8-15)12-27-20-23-17-9-10-26-18(17)19(25)24(20)11-14-3-1-2-4-16(14)22/h1-10H,11-12H2. The van der Waals surface area contributed by atoms with Gasteiger partial charge >= 0.3 is 0 Å². The second-order valence-corrected chi connectivity index (χ2v) is 7.79. The van der Waals surface area contributed by atoms with E-state index in [4.69, 9.17) is 0 Å². The molecule has 4 rings (SSSR count). The maximum absolute atomic E-state index is 14.1. The molecule has 3 nitrogen and oxygen atoms in total. The Morgan fingerprint density at radius 1 is 1.04 bits per heavy atom. The number of rotatable bonds is 5. The van der Waals surface area contributed by atoms with Crippen molar-refractivity contribution in [3.05, 3.63) is 93.1 Å². The highest BCUT2D eigenvalue weighted by molar-refractivity contribution is 7.98. The first kappa shape index (κ1) is 17.9. The van der Waals surface area contributed by atoms with E-state index in [9.17, 15) is 13.6 Å². The third kappa shape index (κ3) is 3.79. The Labute approximate surface area is 162 Å². The van der Waals surface area contributed by atoms with E-state index < -0.39 is 0 Å². The fraction of sp³-hybridized carbons (Fsp3) is 0.100. The summed E-state index contributed by atoms with van der Waals surface area (Å²) in [4.78, 5) is 17.5. The zero-order valence-corrected chi connectivity index (χ0v) is 15.7. The molecule has 0 unspecified atom stereocenters. The lowest BCUT2D eigenvalue weighted by Crippen LogP contribution is -2.23. The summed E-state index contributed by atoms with van der Waals surface area (Å²) in [6.07, 6.45) is 0. The molecule has 2 aromatic carbocycles. The molecule has 0 atom stereocenters. The normalized spacial score (nSPS) is 11.2. The Balaban J connectivity index is 1.72. The zero-order chi connectivity index (χ0) is 18.8. The van der Waals surface area contributed by atoms with Crippen molar-refractivity contribution in [2.24, 2.45) is 0 Å². The van der Waals surface area contributed by atoms with Crippen LogP contribution in [0.4, 0.5) is 8.78 Å². The molecule has 0 fully saturated rings. The highest BCUT2D eigenvalue weighted by Crippen LogP contribution is 2.25. The van der Waals surface area contributed by atoms with Crippen molar-refractivity contribution in [1.29, 1.82) is 0 Å². The molecular weight excluding hydrogens is 386 g/mol. The quantitative estimate of drug-likeness (QED) is 0.346. The average molecular weight is 400 g/mol. The van der Waals surface area contributed by atoms with Crippen LogP contribution in [-0.2, 0) is 12.3 Å². The summed E-state index contributed by atoms with van der Waals surface area (Å²) >= 11 is 2.70. The molecule has 27 heavy (non-hydrogen) atoms. The van der Waals surface area contributed by atoms with Crippen LogP contribution < -0.4 is 5.56 Å². The summed E-state index contributed by atoms with van der Waals surface area (Å²) in [7, 11) is 0. The molecule has 0 amide bonds. The first-order chi connectivity index (χ1) is 13.1. The second-order valence-electron chi connectivity index (χ2n) is 5.93. The minimum Gasteiger partial charge on any atom is -0.282 e. The van der Waals surface area contributed by atoms with Gasteiger partial charge < -0.3 is 0 Å². The predicted octanol–water partition coefficient (Wildman–Crippen LogP) is 5.08. The van der Waals surface area contributed by atoms with Crippen molar-refractivity contribution in [2.75, 3.05) is 0 Å². The Morgan fingerprint density at radius 2 is 1.81 bits per heavy atom. The minimum absolute atomic E-state index is 0.109. The molecule has 136 valence electrons. The third-order valence-electron chi connectivity index (χ3n) is 4.10. The van der Waals surface area contributed by atoms with E-state index in [1.807, 2.05) is 5.38 Å². The van der Waals surface area contributed by atoms with Gasteiger partial charge in [-0.3, -0.25) is 9.36 Å². The van der Waals surface area contributed by atoms with Gasteiger partial charge in [0.05, 0.1) is 12.1 Å². The van der Waals surface area contributed by atoms with Crippen LogP contribution in [0.15, 0.2) is 69.9 Å². The van der Waals surface area contributed by atoms with Crippen LogP contribution in [0, 0.1) is 11.6 Å². The van der Waals surface area contributed by atoms with E-state index in [0.717, 1.165) is 5.56 Å². The molecule has 0 saturated carbocycles. The van der Waals surface area contributed by atoms with Crippen molar-refractivity contribution in [3.63, 3.8) is 0 Å². The van der Waals surface area contributed by atoms with Gasteiger partial charge in [-0.15, -0.1) is 11.3 Å². The number of fused-ring (bicyclic) bond motifs is 1. The van der Waals surface area contributed by atoms with Crippen molar-refractivity contribution in [1.82, 2.24) is 9.55 Å². The maximum atomic E-state index is 14.1. The van der Waals surface area contributed by atoms with Gasteiger partial charge in [-0.1, -0.05) is 42.1 Å². The van der Waals surface area contributed by atoms with Crippen LogP contribution in [-0.4, -0.2) is 9.55 Å². The summed E-state index contributed by atoms with van der Waals surface area (Å²) in [6, 6.07) is 14.4. The molecule has 2 heterocycles. The lowest BCUT2D eigenvalue weighted by molar-refractivity contribution is 0.580. The molecule has 0 N–H and O–H groups in total. The fourth-order valence-corrected chi connectivity index (χ4v) is 4.43. The Hall–Kier alpha value is -2.51. The molecule has 0 aliphatic rings. The van der Waals surface area contributed by atoms with Gasteiger partial charge in [0.25, 0.3) is 5.56 Å². The van der Waals surface area contributed by atoms with Crippen LogP contribution in [0.2, 0.25) is 0 Å². The van der Waals surface area contributed by atoms with E-state index in [2.05, 4.69) is 4.98 Å². The van der Waals surface area contributed by atoms with Gasteiger partial charge in [0.2, 0.25) is 0 Å². The SMILES string of the molecule is O=c1c2sccc2nc(SCc2ccc(F)cc2)n1Cc1ccccc1F. The smallest absolute Gasteiger partial charge is 0.272 e. The van der Waals surface area contributed by atoms with Gasteiger partial charge in [0, 0.05) is 11.3 Å². The number of nitrogens with zero attached hydrogens (tertiary/aromatic N) is 2. The number of hydrogen-bond donors (Lipinski definition) is 0. The molecular formula is C20H14F2N2OS2. The molecule has 0 bridgehead atoms. The number of halogens is 2. The number of thioether (sulfide) groups is 1. The summed E-state index contributed by atoms with van der Waals surface area (Å²) in [5.41, 5.74) is 1.80. The van der Waals surface area contributed by atoms with E-state index in [-0.39, 0.29) is 23.7 Å². The predicted molar refractivity (Wildman–Crippen MR) is 105 cm³/mol. The van der Waals surface area contributed by atoms with E-state index >= 15 is 0 Å². The van der Waals surface area contributed by atoms with Crippen molar-refractivity contribution in [2.45, 2.75) is 17.5 Å². The largest absolute Gasteiger partial charge is 0.282 e. The minimum atomic E-state index is -0.356. The fourth-order valence-electron chi connectivity index (χ4n) is 2.70. The van der Waals surface area contributed by atoms with Crippen LogP contribution in [0.25, 0.3) is 10.2 Å². The Bertz CT molecular complexity index is 1150.